The second-order valence-corrected chi connectivity index (χ2v) is 5.13. The lowest BCUT2D eigenvalue weighted by Crippen LogP contribution is -1.94. The van der Waals surface area contributed by atoms with Crippen molar-refractivity contribution in [3.8, 4) is 11.6 Å². The monoisotopic (exact) mass is 290 g/mol. The number of methoxy groups -OCH3 is 1. The molecule has 6 heteroatoms. The molecule has 0 amide bonds. The summed E-state index contributed by atoms with van der Waals surface area (Å²) < 4.78 is 12.7. The Morgan fingerprint density at radius 1 is 1.40 bits per heavy atom. The summed E-state index contributed by atoms with van der Waals surface area (Å²) in [5.41, 5.74) is 1.68. The van der Waals surface area contributed by atoms with Crippen LogP contribution in [0.1, 0.15) is 11.3 Å². The molecular formula is C14H14N2O3S. The molecule has 2 aromatic heterocycles. The number of fused-ring (bicyclic) bond motifs is 1. The van der Waals surface area contributed by atoms with E-state index in [-0.39, 0.29) is 6.61 Å². The SMILES string of the molecule is COCc1cccc(Oc2nc3sccn3c2CO)c1. The van der Waals surface area contributed by atoms with Crippen molar-refractivity contribution in [3.63, 3.8) is 0 Å². The van der Waals surface area contributed by atoms with Crippen LogP contribution in [-0.4, -0.2) is 21.6 Å². The zero-order valence-electron chi connectivity index (χ0n) is 10.9. The Morgan fingerprint density at radius 2 is 2.30 bits per heavy atom. The lowest BCUT2D eigenvalue weighted by atomic mass is 10.2. The second-order valence-electron chi connectivity index (χ2n) is 4.26. The number of rotatable bonds is 5. The molecule has 0 aliphatic heterocycles. The first-order valence-electron chi connectivity index (χ1n) is 6.13. The van der Waals surface area contributed by atoms with Crippen LogP contribution < -0.4 is 4.74 Å². The summed E-state index contributed by atoms with van der Waals surface area (Å²) in [7, 11) is 1.65. The smallest absolute Gasteiger partial charge is 0.244 e. The summed E-state index contributed by atoms with van der Waals surface area (Å²) in [6.07, 6.45) is 1.87. The van der Waals surface area contributed by atoms with E-state index in [2.05, 4.69) is 4.98 Å². The minimum Gasteiger partial charge on any atom is -0.437 e. The molecule has 0 radical (unpaired) electrons. The number of aliphatic hydroxyl groups excluding tert-OH is 1. The summed E-state index contributed by atoms with van der Waals surface area (Å²) in [5, 5.41) is 11.4. The van der Waals surface area contributed by atoms with Crippen molar-refractivity contribution in [2.24, 2.45) is 0 Å². The molecule has 104 valence electrons. The normalized spacial score (nSPS) is 11.1. The predicted octanol–water partition coefficient (Wildman–Crippen LogP) is 2.83. The molecule has 0 bridgehead atoms. The minimum atomic E-state index is -0.120. The summed E-state index contributed by atoms with van der Waals surface area (Å²) in [4.78, 5) is 5.19. The first-order valence-corrected chi connectivity index (χ1v) is 7.01. The van der Waals surface area contributed by atoms with Crippen molar-refractivity contribution in [2.75, 3.05) is 7.11 Å². The highest BCUT2D eigenvalue weighted by atomic mass is 32.1. The van der Waals surface area contributed by atoms with Crippen LogP contribution in [0.15, 0.2) is 35.8 Å². The van der Waals surface area contributed by atoms with E-state index in [1.165, 1.54) is 11.3 Å². The van der Waals surface area contributed by atoms with Crippen LogP contribution in [-0.2, 0) is 18.0 Å². The fraction of sp³-hybridized carbons (Fsp3) is 0.214. The van der Waals surface area contributed by atoms with Crippen LogP contribution >= 0.6 is 11.3 Å². The van der Waals surface area contributed by atoms with E-state index in [0.717, 1.165) is 10.5 Å². The number of nitrogens with zero attached hydrogens (tertiary/aromatic N) is 2. The topological polar surface area (TPSA) is 56.0 Å². The molecule has 1 N–H and O–H groups in total. The molecule has 0 spiro atoms. The molecule has 0 atom stereocenters. The van der Waals surface area contributed by atoms with Crippen molar-refractivity contribution >= 4 is 16.3 Å². The van der Waals surface area contributed by atoms with Gasteiger partial charge in [-0.3, -0.25) is 4.40 Å². The van der Waals surface area contributed by atoms with E-state index in [9.17, 15) is 5.11 Å². The highest BCUT2D eigenvalue weighted by Gasteiger charge is 2.14. The third-order valence-corrected chi connectivity index (χ3v) is 3.65. The Labute approximate surface area is 120 Å². The van der Waals surface area contributed by atoms with E-state index in [0.29, 0.717) is 23.9 Å². The molecule has 5 nitrogen and oxygen atoms in total. The maximum absolute atomic E-state index is 9.48. The maximum Gasteiger partial charge on any atom is 0.244 e. The number of aliphatic hydroxyl groups is 1. The fourth-order valence-corrected chi connectivity index (χ4v) is 2.74. The van der Waals surface area contributed by atoms with E-state index in [1.54, 1.807) is 7.11 Å². The molecule has 0 saturated heterocycles. The standard InChI is InChI=1S/C14H14N2O3S/c1-18-9-10-3-2-4-11(7-10)19-13-12(8-17)16-5-6-20-14(16)15-13/h2-7,17H,8-9H2,1H3. The Hall–Kier alpha value is -1.89. The van der Waals surface area contributed by atoms with E-state index in [1.807, 2.05) is 40.2 Å². The number of thiazole rings is 1. The summed E-state index contributed by atoms with van der Waals surface area (Å²) in [5.74, 6) is 1.12. The number of aromatic nitrogens is 2. The predicted molar refractivity (Wildman–Crippen MR) is 76.2 cm³/mol. The first kappa shape index (κ1) is 13.1. The van der Waals surface area contributed by atoms with Gasteiger partial charge in [-0.2, -0.15) is 4.98 Å². The fourth-order valence-electron chi connectivity index (χ4n) is 2.02. The number of hydrogen-bond acceptors (Lipinski definition) is 5. The van der Waals surface area contributed by atoms with Crippen molar-refractivity contribution in [1.29, 1.82) is 0 Å². The van der Waals surface area contributed by atoms with Crippen LogP contribution in [0.25, 0.3) is 4.96 Å². The average molecular weight is 290 g/mol. The molecule has 3 aromatic rings. The Kier molecular flexibility index (Phi) is 3.68. The Bertz CT molecular complexity index is 720. The molecule has 0 saturated carbocycles. The molecule has 3 rings (SSSR count). The molecule has 2 heterocycles. The Balaban J connectivity index is 1.92. The van der Waals surface area contributed by atoms with Gasteiger partial charge in [0.05, 0.1) is 13.2 Å². The molecule has 0 unspecified atom stereocenters. The van der Waals surface area contributed by atoms with E-state index < -0.39 is 0 Å². The molecular weight excluding hydrogens is 276 g/mol. The summed E-state index contributed by atoms with van der Waals surface area (Å²) >= 11 is 1.50. The third kappa shape index (κ3) is 2.40. The molecule has 0 aliphatic rings. The van der Waals surface area contributed by atoms with Crippen LogP contribution in [0.4, 0.5) is 0 Å². The lowest BCUT2D eigenvalue weighted by Gasteiger charge is -2.06. The first-order chi connectivity index (χ1) is 9.81. The van der Waals surface area contributed by atoms with Gasteiger partial charge < -0.3 is 14.6 Å². The second kappa shape index (κ2) is 5.62. The molecule has 1 aromatic carbocycles. The van der Waals surface area contributed by atoms with Crippen LogP contribution in [0.3, 0.4) is 0 Å². The number of ether oxygens (including phenoxy) is 2. The largest absolute Gasteiger partial charge is 0.437 e. The van der Waals surface area contributed by atoms with Crippen molar-refractivity contribution in [2.45, 2.75) is 13.2 Å². The molecule has 20 heavy (non-hydrogen) atoms. The number of hydrogen-bond donors (Lipinski definition) is 1. The van der Waals surface area contributed by atoms with Gasteiger partial charge in [-0.1, -0.05) is 12.1 Å². The Morgan fingerprint density at radius 3 is 3.10 bits per heavy atom. The number of imidazole rings is 1. The van der Waals surface area contributed by atoms with Gasteiger partial charge in [-0.05, 0) is 17.7 Å². The highest BCUT2D eigenvalue weighted by Crippen LogP contribution is 2.28. The lowest BCUT2D eigenvalue weighted by molar-refractivity contribution is 0.184. The van der Waals surface area contributed by atoms with Crippen LogP contribution in [0, 0.1) is 0 Å². The van der Waals surface area contributed by atoms with Gasteiger partial charge in [0.2, 0.25) is 5.88 Å². The zero-order valence-corrected chi connectivity index (χ0v) is 11.8. The van der Waals surface area contributed by atoms with Gasteiger partial charge in [0.15, 0.2) is 4.96 Å². The quantitative estimate of drug-likeness (QED) is 0.785. The maximum atomic E-state index is 9.48. The third-order valence-electron chi connectivity index (χ3n) is 2.90. The highest BCUT2D eigenvalue weighted by molar-refractivity contribution is 7.15. The molecule has 0 aliphatic carbocycles. The van der Waals surface area contributed by atoms with Gasteiger partial charge in [0.1, 0.15) is 11.4 Å². The van der Waals surface area contributed by atoms with Gasteiger partial charge in [-0.15, -0.1) is 11.3 Å². The van der Waals surface area contributed by atoms with Crippen LogP contribution in [0.5, 0.6) is 11.6 Å². The van der Waals surface area contributed by atoms with Gasteiger partial charge >= 0.3 is 0 Å². The average Bonchev–Trinajstić information content (AvgIpc) is 3.00. The van der Waals surface area contributed by atoms with Crippen LogP contribution in [0.2, 0.25) is 0 Å². The minimum absolute atomic E-state index is 0.120. The molecule has 0 fully saturated rings. The van der Waals surface area contributed by atoms with E-state index >= 15 is 0 Å². The van der Waals surface area contributed by atoms with Crippen molar-refractivity contribution in [3.05, 3.63) is 47.1 Å². The van der Waals surface area contributed by atoms with Gasteiger partial charge in [0.25, 0.3) is 0 Å². The summed E-state index contributed by atoms with van der Waals surface area (Å²) in [6.45, 7) is 0.410. The van der Waals surface area contributed by atoms with Crippen molar-refractivity contribution in [1.82, 2.24) is 9.38 Å². The van der Waals surface area contributed by atoms with Crippen molar-refractivity contribution < 1.29 is 14.6 Å². The van der Waals surface area contributed by atoms with E-state index in [4.69, 9.17) is 9.47 Å². The van der Waals surface area contributed by atoms with Gasteiger partial charge in [0, 0.05) is 18.7 Å². The summed E-state index contributed by atoms with van der Waals surface area (Å²) in [6, 6.07) is 7.63. The number of benzene rings is 1. The van der Waals surface area contributed by atoms with Gasteiger partial charge in [-0.25, -0.2) is 0 Å². The zero-order chi connectivity index (χ0) is 13.9.